The topological polar surface area (TPSA) is 105 Å². The number of hydrogen-bond donors (Lipinski definition) is 0. The maximum absolute atomic E-state index is 11.7. The molecule has 0 unspecified atom stereocenters. The van der Waals surface area contributed by atoms with E-state index in [9.17, 15) is 14.9 Å². The van der Waals surface area contributed by atoms with Gasteiger partial charge in [0.25, 0.3) is 5.69 Å². The van der Waals surface area contributed by atoms with Crippen molar-refractivity contribution in [2.24, 2.45) is 0 Å². The molecule has 2 aromatic rings. The molecule has 0 radical (unpaired) electrons. The molecular formula is C14H14N2O6. The highest BCUT2D eigenvalue weighted by atomic mass is 16.6. The van der Waals surface area contributed by atoms with Crippen LogP contribution in [0.5, 0.6) is 5.75 Å². The van der Waals surface area contributed by atoms with Crippen molar-refractivity contribution in [3.8, 4) is 5.75 Å². The fourth-order valence-electron chi connectivity index (χ4n) is 1.88. The van der Waals surface area contributed by atoms with E-state index in [1.165, 1.54) is 25.3 Å². The number of non-ortho nitro benzene ring substituents is 1. The number of aryl methyl sites for hydroxylation is 2. The number of nitro benzene ring substituents is 1. The molecule has 0 fully saturated rings. The number of methoxy groups -OCH3 is 1. The number of benzene rings is 1. The van der Waals surface area contributed by atoms with E-state index in [2.05, 4.69) is 9.89 Å². The van der Waals surface area contributed by atoms with Gasteiger partial charge < -0.3 is 14.0 Å². The first-order chi connectivity index (χ1) is 10.4. The number of carbonyl (C=O) groups is 1. The lowest BCUT2D eigenvalue weighted by Gasteiger charge is -2.10. The zero-order chi connectivity index (χ0) is 16.3. The fraction of sp³-hybridized carbons (Fsp3) is 0.286. The van der Waals surface area contributed by atoms with E-state index in [4.69, 9.17) is 9.26 Å². The van der Waals surface area contributed by atoms with E-state index in [1.807, 2.05) is 0 Å². The van der Waals surface area contributed by atoms with Crippen LogP contribution in [0.1, 0.15) is 27.4 Å². The highest BCUT2D eigenvalue weighted by Gasteiger charge is 2.19. The molecule has 8 nitrogen and oxygen atoms in total. The maximum atomic E-state index is 11.7. The fourth-order valence-corrected chi connectivity index (χ4v) is 1.88. The number of aromatic nitrogens is 1. The quantitative estimate of drug-likeness (QED) is 0.475. The highest BCUT2D eigenvalue weighted by molar-refractivity contribution is 5.92. The minimum Gasteiger partial charge on any atom is -0.488 e. The average molecular weight is 306 g/mol. The van der Waals surface area contributed by atoms with Gasteiger partial charge in [-0.05, 0) is 19.9 Å². The van der Waals surface area contributed by atoms with Crippen molar-refractivity contribution in [1.82, 2.24) is 5.16 Å². The van der Waals surface area contributed by atoms with Gasteiger partial charge in [-0.3, -0.25) is 10.1 Å². The third-order valence-corrected chi connectivity index (χ3v) is 3.13. The monoisotopic (exact) mass is 306 g/mol. The number of hydrogen-bond acceptors (Lipinski definition) is 7. The van der Waals surface area contributed by atoms with E-state index < -0.39 is 10.9 Å². The molecule has 0 saturated heterocycles. The van der Waals surface area contributed by atoms with E-state index in [0.717, 1.165) is 5.56 Å². The number of ether oxygens (including phenoxy) is 2. The van der Waals surface area contributed by atoms with Gasteiger partial charge in [0, 0.05) is 6.07 Å². The van der Waals surface area contributed by atoms with Gasteiger partial charge in [0.15, 0.2) is 0 Å². The summed E-state index contributed by atoms with van der Waals surface area (Å²) < 4.78 is 15.2. The summed E-state index contributed by atoms with van der Waals surface area (Å²) in [5.41, 5.74) is 1.31. The molecule has 8 heteroatoms. The van der Waals surface area contributed by atoms with Gasteiger partial charge in [-0.25, -0.2) is 4.79 Å². The van der Waals surface area contributed by atoms with Gasteiger partial charge in [-0.15, -0.1) is 0 Å². The van der Waals surface area contributed by atoms with E-state index in [0.29, 0.717) is 11.5 Å². The maximum Gasteiger partial charge on any atom is 0.341 e. The van der Waals surface area contributed by atoms with Crippen molar-refractivity contribution in [2.45, 2.75) is 20.5 Å². The van der Waals surface area contributed by atoms with Gasteiger partial charge >= 0.3 is 5.97 Å². The van der Waals surface area contributed by atoms with Crippen molar-refractivity contribution in [3.63, 3.8) is 0 Å². The molecule has 22 heavy (non-hydrogen) atoms. The molecule has 1 heterocycles. The first-order valence-electron chi connectivity index (χ1n) is 6.35. The molecule has 0 saturated carbocycles. The molecule has 0 bridgehead atoms. The number of esters is 1. The highest BCUT2D eigenvalue weighted by Crippen LogP contribution is 2.27. The second kappa shape index (κ2) is 6.25. The lowest BCUT2D eigenvalue weighted by Crippen LogP contribution is -2.07. The summed E-state index contributed by atoms with van der Waals surface area (Å²) in [6.07, 6.45) is 0. The predicted octanol–water partition coefficient (Wildman–Crippen LogP) is 2.57. The Labute approximate surface area is 125 Å². The Hall–Kier alpha value is -2.90. The van der Waals surface area contributed by atoms with Gasteiger partial charge in [-0.1, -0.05) is 5.16 Å². The molecule has 0 aliphatic carbocycles. The van der Waals surface area contributed by atoms with E-state index >= 15 is 0 Å². The van der Waals surface area contributed by atoms with Crippen LogP contribution in [-0.2, 0) is 11.3 Å². The molecule has 116 valence electrons. The number of rotatable bonds is 5. The Morgan fingerprint density at radius 2 is 2.14 bits per heavy atom. The summed E-state index contributed by atoms with van der Waals surface area (Å²) in [5, 5.41) is 14.6. The SMILES string of the molecule is COC(=O)c1ccc([N+](=O)[O-])cc1OCc1c(C)noc1C. The lowest BCUT2D eigenvalue weighted by molar-refractivity contribution is -0.384. The Morgan fingerprint density at radius 3 is 2.68 bits per heavy atom. The molecule has 0 N–H and O–H groups in total. The minimum atomic E-state index is -0.635. The van der Waals surface area contributed by atoms with Crippen LogP contribution in [-0.4, -0.2) is 23.2 Å². The summed E-state index contributed by atoms with van der Waals surface area (Å²) in [6, 6.07) is 3.70. The largest absolute Gasteiger partial charge is 0.488 e. The van der Waals surface area contributed by atoms with Crippen molar-refractivity contribution in [1.29, 1.82) is 0 Å². The minimum absolute atomic E-state index is 0.0704. The summed E-state index contributed by atoms with van der Waals surface area (Å²) in [7, 11) is 1.22. The van der Waals surface area contributed by atoms with Crippen LogP contribution in [0.2, 0.25) is 0 Å². The third kappa shape index (κ3) is 3.05. The number of nitrogens with zero attached hydrogens (tertiary/aromatic N) is 2. The molecule has 0 aliphatic rings. The standard InChI is InChI=1S/C14H14N2O6/c1-8-12(9(2)22-15-8)7-21-13-6-10(16(18)19)4-5-11(13)14(17)20-3/h4-6H,7H2,1-3H3. The van der Waals surface area contributed by atoms with Crippen LogP contribution in [0.15, 0.2) is 22.7 Å². The smallest absolute Gasteiger partial charge is 0.341 e. The lowest BCUT2D eigenvalue weighted by atomic mass is 10.1. The summed E-state index contributed by atoms with van der Waals surface area (Å²) >= 11 is 0. The number of carbonyl (C=O) groups excluding carboxylic acids is 1. The van der Waals surface area contributed by atoms with Crippen LogP contribution in [0, 0.1) is 24.0 Å². The molecule has 0 aliphatic heterocycles. The van der Waals surface area contributed by atoms with Crippen LogP contribution in [0.25, 0.3) is 0 Å². The van der Waals surface area contributed by atoms with Crippen LogP contribution in [0.3, 0.4) is 0 Å². The summed E-state index contributed by atoms with van der Waals surface area (Å²) in [6.45, 7) is 3.56. The predicted molar refractivity (Wildman–Crippen MR) is 74.7 cm³/mol. The Bertz CT molecular complexity index is 703. The molecule has 0 amide bonds. The normalized spacial score (nSPS) is 10.3. The second-order valence-corrected chi connectivity index (χ2v) is 4.52. The zero-order valence-corrected chi connectivity index (χ0v) is 12.3. The average Bonchev–Trinajstić information content (AvgIpc) is 2.82. The summed E-state index contributed by atoms with van der Waals surface area (Å²) in [4.78, 5) is 22.0. The van der Waals surface area contributed by atoms with Gasteiger partial charge in [-0.2, -0.15) is 0 Å². The molecule has 0 spiro atoms. The summed E-state index contributed by atoms with van der Waals surface area (Å²) in [5.74, 6) is 0.0206. The Kier molecular flexibility index (Phi) is 4.40. The van der Waals surface area contributed by atoms with Crippen molar-refractivity contribution in [2.75, 3.05) is 7.11 Å². The second-order valence-electron chi connectivity index (χ2n) is 4.52. The van der Waals surface area contributed by atoms with Gasteiger partial charge in [0.1, 0.15) is 23.7 Å². The Morgan fingerprint density at radius 1 is 1.41 bits per heavy atom. The Balaban J connectivity index is 2.32. The van der Waals surface area contributed by atoms with Gasteiger partial charge in [0.05, 0.1) is 29.4 Å². The number of nitro groups is 1. The van der Waals surface area contributed by atoms with E-state index in [-0.39, 0.29) is 23.6 Å². The molecule has 1 aromatic carbocycles. The zero-order valence-electron chi connectivity index (χ0n) is 12.3. The van der Waals surface area contributed by atoms with Crippen molar-refractivity contribution >= 4 is 11.7 Å². The molecule has 2 rings (SSSR count). The van der Waals surface area contributed by atoms with Crippen LogP contribution >= 0.6 is 0 Å². The third-order valence-electron chi connectivity index (χ3n) is 3.13. The van der Waals surface area contributed by atoms with E-state index in [1.54, 1.807) is 13.8 Å². The molecular weight excluding hydrogens is 292 g/mol. The van der Waals surface area contributed by atoms with Gasteiger partial charge in [0.2, 0.25) is 0 Å². The van der Waals surface area contributed by atoms with Crippen molar-refractivity contribution < 1.29 is 23.7 Å². The molecule has 1 aromatic heterocycles. The molecule has 0 atom stereocenters. The van der Waals surface area contributed by atoms with Crippen LogP contribution < -0.4 is 4.74 Å². The van der Waals surface area contributed by atoms with Crippen molar-refractivity contribution in [3.05, 3.63) is 50.9 Å². The first-order valence-corrected chi connectivity index (χ1v) is 6.35. The van der Waals surface area contributed by atoms with Crippen LogP contribution in [0.4, 0.5) is 5.69 Å². The first kappa shape index (κ1) is 15.5.